The molecule has 5 aliphatic heterocycles. The lowest BCUT2D eigenvalue weighted by Gasteiger charge is -2.43. The number of aromatic nitrogens is 4. The topological polar surface area (TPSA) is 245 Å². The average Bonchev–Trinajstić information content (AvgIpc) is 4.33. The Bertz CT molecular complexity index is 2940. The molecule has 2 aromatic carbocycles. The Labute approximate surface area is 461 Å². The number of para-hydroxylation sites is 1. The molecule has 6 fully saturated rings. The van der Waals surface area contributed by atoms with E-state index in [1.54, 1.807) is 36.4 Å². The molecule has 1 saturated carbocycles. The van der Waals surface area contributed by atoms with Gasteiger partial charge in [-0.3, -0.25) is 9.59 Å². The van der Waals surface area contributed by atoms with Crippen molar-refractivity contribution in [2.24, 2.45) is 5.92 Å². The number of likely N-dealkylation sites (tertiary alicyclic amines) is 2. The van der Waals surface area contributed by atoms with Gasteiger partial charge in [0.1, 0.15) is 23.8 Å². The van der Waals surface area contributed by atoms with E-state index < -0.39 is 18.1 Å². The van der Waals surface area contributed by atoms with E-state index in [1.807, 2.05) is 51.2 Å². The van der Waals surface area contributed by atoms with Crippen LogP contribution in [0.1, 0.15) is 107 Å². The summed E-state index contributed by atoms with van der Waals surface area (Å²) in [6, 6.07) is 23.6. The molecule has 20 heteroatoms. The van der Waals surface area contributed by atoms with Crippen LogP contribution in [0.5, 0.6) is 11.6 Å². The van der Waals surface area contributed by atoms with Gasteiger partial charge in [-0.1, -0.05) is 43.3 Å². The molecule has 6 atom stereocenters. The lowest BCUT2D eigenvalue weighted by atomic mass is 9.91. The molecule has 20 nitrogen and oxygen atoms in total. The van der Waals surface area contributed by atoms with E-state index in [2.05, 4.69) is 63.5 Å². The van der Waals surface area contributed by atoms with Crippen molar-refractivity contribution >= 4 is 34.8 Å². The first kappa shape index (κ1) is 53.9. The molecule has 2 unspecified atom stereocenters. The molecule has 2 amide bonds. The molecule has 0 spiro atoms. The van der Waals surface area contributed by atoms with E-state index in [1.165, 1.54) is 4.90 Å². The number of phenols is 1. The molecule has 5 saturated heterocycles. The second-order valence-electron chi connectivity index (χ2n) is 22.8. The van der Waals surface area contributed by atoms with Crippen LogP contribution in [-0.2, 0) is 19.1 Å². The van der Waals surface area contributed by atoms with Crippen LogP contribution in [0.4, 0.5) is 23.0 Å². The van der Waals surface area contributed by atoms with Gasteiger partial charge < -0.3 is 64.5 Å². The molecule has 0 radical (unpaired) electrons. The first-order valence-electron chi connectivity index (χ1n) is 28.4. The molecular formula is C59H74N12O8. The molecule has 3 aromatic heterocycles. The maximum absolute atomic E-state index is 14.2. The number of pyridine rings is 1. The first-order valence-corrected chi connectivity index (χ1v) is 28.4. The van der Waals surface area contributed by atoms with Crippen LogP contribution < -0.4 is 30.5 Å². The van der Waals surface area contributed by atoms with Crippen LogP contribution in [0.15, 0.2) is 83.5 Å². The van der Waals surface area contributed by atoms with Gasteiger partial charge in [0.15, 0.2) is 17.4 Å². The number of aliphatic hydroxyl groups excluding tert-OH is 1. The van der Waals surface area contributed by atoms with Gasteiger partial charge in [-0.25, -0.2) is 4.98 Å². The maximum atomic E-state index is 14.2. The predicted molar refractivity (Wildman–Crippen MR) is 296 cm³/mol. The number of nitrogens with two attached hydrogens (primary N) is 1. The van der Waals surface area contributed by atoms with Gasteiger partial charge in [0, 0.05) is 113 Å². The summed E-state index contributed by atoms with van der Waals surface area (Å²) in [7, 11) is 0. The van der Waals surface area contributed by atoms with Crippen molar-refractivity contribution in [1.82, 2.24) is 35.5 Å². The number of nitrogens with one attached hydrogen (secondary N) is 1. The van der Waals surface area contributed by atoms with Crippen molar-refractivity contribution in [1.29, 1.82) is 5.26 Å². The van der Waals surface area contributed by atoms with E-state index in [-0.39, 0.29) is 66.9 Å². The minimum atomic E-state index is -0.833. The highest BCUT2D eigenvalue weighted by atomic mass is 16.5. The highest BCUT2D eigenvalue weighted by molar-refractivity contribution is 5.91. The summed E-state index contributed by atoms with van der Waals surface area (Å²) in [5, 5.41) is 46.3. The molecule has 8 heterocycles. The van der Waals surface area contributed by atoms with Crippen molar-refractivity contribution in [2.75, 3.05) is 79.4 Å². The second-order valence-corrected chi connectivity index (χ2v) is 22.8. The van der Waals surface area contributed by atoms with Crippen LogP contribution in [0.3, 0.4) is 0 Å². The zero-order valence-electron chi connectivity index (χ0n) is 45.5. The number of fused-ring (bicyclic) bond motifs is 2. The number of amides is 2. The number of hydrogen-bond acceptors (Lipinski definition) is 18. The Morgan fingerprint density at radius 3 is 2.30 bits per heavy atom. The SMILES string of the molecule is CC(C)[C@@H](C(=O)N1C[C@H](O)C[C@H]1C(=O)N[C@@H](C)c1ccc(C#N)cc1)c1cc(N2CCC(OCCN3CCC(OC4CC(Oc5cc(N6C7CCC6CN(c6cc(-c8ccccc8O)nnc6N)C7)ccn5)C4)CC3)CC2)no1. The fraction of sp³-hybridized carbons (Fsp3) is 0.542. The van der Waals surface area contributed by atoms with E-state index in [9.17, 15) is 19.8 Å². The van der Waals surface area contributed by atoms with Crippen molar-refractivity contribution in [3.63, 3.8) is 0 Å². The van der Waals surface area contributed by atoms with Crippen molar-refractivity contribution in [3.05, 3.63) is 95.9 Å². The molecule has 11 rings (SSSR count). The summed E-state index contributed by atoms with van der Waals surface area (Å²) in [4.78, 5) is 43.4. The standard InChI is InChI=1S/C59H74N12O8/c1-36(2)56(59(75)70-35-43(72)27-51(70)58(74)63-37(3)39-10-8-38(32-60)9-11-39)53-31-54(66-79-53)68-22-17-44(18-23-68)76-25-24-67-20-15-45(16-21-67)77-46-28-47(29-46)78-55-26-40(14-19-62-55)71-41-12-13-42(71)34-69(33-41)50-30-49(64-65-57(50)61)48-6-4-5-7-52(48)73/h4-11,14,19,26,30-31,36-37,41-47,51,56,72-73H,12-13,15-18,20-25,27-29,33-35H2,1-3H3,(H2,61,65)(H,63,74)/t37-,41?,42?,43+,46?,47?,51-,56+/m0/s1. The van der Waals surface area contributed by atoms with E-state index in [0.717, 1.165) is 114 Å². The normalized spacial score (nSPS) is 24.6. The zero-order chi connectivity index (χ0) is 54.7. The fourth-order valence-corrected chi connectivity index (χ4v) is 12.7. The number of carbonyl (C=O) groups is 2. The Balaban J connectivity index is 0.577. The Kier molecular flexibility index (Phi) is 16.2. The molecule has 6 aliphatic rings. The third-order valence-corrected chi connectivity index (χ3v) is 17.1. The number of ether oxygens (including phenoxy) is 3. The number of nitriles is 1. The average molecular weight is 1080 g/mol. The third kappa shape index (κ3) is 12.1. The van der Waals surface area contributed by atoms with Crippen LogP contribution in [0.2, 0.25) is 0 Å². The van der Waals surface area contributed by atoms with Crippen molar-refractivity contribution in [3.8, 4) is 29.0 Å². The van der Waals surface area contributed by atoms with Gasteiger partial charge in [0.2, 0.25) is 17.7 Å². The fourth-order valence-electron chi connectivity index (χ4n) is 12.7. The van der Waals surface area contributed by atoms with Gasteiger partial charge in [-0.2, -0.15) is 5.26 Å². The van der Waals surface area contributed by atoms with E-state index in [4.69, 9.17) is 29.7 Å². The number of β-amino-alcohol motifs (C(OH)–C–C–N with tert-alkyl or cyclic N) is 1. The van der Waals surface area contributed by atoms with Crippen molar-refractivity contribution < 1.29 is 38.5 Å². The minimum absolute atomic E-state index is 0.0557. The molecule has 5 N–H and O–H groups in total. The smallest absolute Gasteiger partial charge is 0.243 e. The lowest BCUT2D eigenvalue weighted by molar-refractivity contribution is -0.141. The Hall–Kier alpha value is -7.05. The minimum Gasteiger partial charge on any atom is -0.507 e. The summed E-state index contributed by atoms with van der Waals surface area (Å²) in [6.45, 7) is 12.4. The zero-order valence-corrected chi connectivity index (χ0v) is 45.5. The molecule has 2 bridgehead atoms. The lowest BCUT2D eigenvalue weighted by Crippen LogP contribution is -2.54. The highest BCUT2D eigenvalue weighted by Gasteiger charge is 2.45. The number of anilines is 4. The molecule has 5 aromatic rings. The van der Waals surface area contributed by atoms with Gasteiger partial charge in [-0.15, -0.1) is 10.2 Å². The number of hydrogen-bond donors (Lipinski definition) is 4. The summed E-state index contributed by atoms with van der Waals surface area (Å²) in [6.07, 6.45) is 9.43. The number of aromatic hydroxyl groups is 1. The van der Waals surface area contributed by atoms with Crippen LogP contribution in [-0.4, -0.2) is 160 Å². The van der Waals surface area contributed by atoms with Crippen molar-refractivity contribution in [2.45, 2.75) is 139 Å². The molecule has 1 aliphatic carbocycles. The number of piperidine rings is 2. The quantitative estimate of drug-likeness (QED) is 0.0763. The number of nitrogens with zero attached hydrogens (tertiary/aromatic N) is 10. The summed E-state index contributed by atoms with van der Waals surface area (Å²) in [5.41, 5.74) is 11.0. The number of rotatable bonds is 18. The maximum Gasteiger partial charge on any atom is 0.243 e. The van der Waals surface area contributed by atoms with E-state index >= 15 is 0 Å². The van der Waals surface area contributed by atoms with Gasteiger partial charge in [0.05, 0.1) is 60.1 Å². The van der Waals surface area contributed by atoms with Gasteiger partial charge >= 0.3 is 0 Å². The van der Waals surface area contributed by atoms with Gasteiger partial charge in [-0.05, 0) is 93.3 Å². The summed E-state index contributed by atoms with van der Waals surface area (Å²) >= 11 is 0. The Morgan fingerprint density at radius 1 is 0.848 bits per heavy atom. The number of nitrogen functional groups attached to an aromatic ring is 1. The number of piperazine rings is 1. The number of phenolic OH excluding ortho intramolecular Hbond substituents is 1. The van der Waals surface area contributed by atoms with Gasteiger partial charge in [0.25, 0.3) is 0 Å². The molecular weight excluding hydrogens is 1000 g/mol. The van der Waals surface area contributed by atoms with Crippen LogP contribution in [0, 0.1) is 17.2 Å². The predicted octanol–water partition coefficient (Wildman–Crippen LogP) is 6.20. The highest BCUT2D eigenvalue weighted by Crippen LogP contribution is 2.41. The monoisotopic (exact) mass is 1080 g/mol. The van der Waals surface area contributed by atoms with Crippen LogP contribution in [0.25, 0.3) is 11.3 Å². The largest absolute Gasteiger partial charge is 0.507 e. The van der Waals surface area contributed by atoms with E-state index in [0.29, 0.717) is 58.8 Å². The first-order chi connectivity index (χ1) is 38.3. The second kappa shape index (κ2) is 23.7. The molecule has 418 valence electrons. The summed E-state index contributed by atoms with van der Waals surface area (Å²) < 4.78 is 25.3. The van der Waals surface area contributed by atoms with Crippen LogP contribution >= 0.6 is 0 Å². The molecule has 79 heavy (non-hydrogen) atoms. The Morgan fingerprint density at radius 2 is 1.58 bits per heavy atom. The number of aliphatic hydroxyl groups is 1. The number of benzene rings is 2. The summed E-state index contributed by atoms with van der Waals surface area (Å²) in [5.74, 6) is 0.882. The third-order valence-electron chi connectivity index (χ3n) is 17.1. The number of carbonyl (C=O) groups excluding carboxylic acids is 2.